The van der Waals surface area contributed by atoms with Gasteiger partial charge in [0.15, 0.2) is 0 Å². The third-order valence-electron chi connectivity index (χ3n) is 6.52. The Morgan fingerprint density at radius 3 is 2.51 bits per heavy atom. The summed E-state index contributed by atoms with van der Waals surface area (Å²) in [7, 11) is 1.58. The van der Waals surface area contributed by atoms with Crippen LogP contribution in [0.15, 0.2) is 51.9 Å². The van der Waals surface area contributed by atoms with E-state index in [1.165, 1.54) is 15.2 Å². The Morgan fingerprint density at radius 2 is 1.83 bits per heavy atom. The maximum absolute atomic E-state index is 14.2. The lowest BCUT2D eigenvalue weighted by Gasteiger charge is -2.37. The third kappa shape index (κ3) is 4.21. The third-order valence-corrected chi connectivity index (χ3v) is 7.01. The quantitative estimate of drug-likeness (QED) is 0.419. The fraction of sp³-hybridized carbons (Fsp3) is 0.333. The van der Waals surface area contributed by atoms with E-state index in [0.717, 1.165) is 10.5 Å². The molecule has 0 atom stereocenters. The van der Waals surface area contributed by atoms with Crippen molar-refractivity contribution in [1.29, 1.82) is 0 Å². The van der Waals surface area contributed by atoms with Crippen LogP contribution in [0.25, 0.3) is 27.6 Å². The molecule has 1 aliphatic heterocycles. The van der Waals surface area contributed by atoms with Crippen molar-refractivity contribution >= 4 is 43.6 Å². The van der Waals surface area contributed by atoms with E-state index in [1.807, 2.05) is 17.0 Å². The van der Waals surface area contributed by atoms with Gasteiger partial charge in [0.25, 0.3) is 0 Å². The van der Waals surface area contributed by atoms with Crippen molar-refractivity contribution in [3.63, 3.8) is 0 Å². The first kappa shape index (κ1) is 23.8. The van der Waals surface area contributed by atoms with Gasteiger partial charge in [0.05, 0.1) is 40.6 Å². The van der Waals surface area contributed by atoms with Gasteiger partial charge in [0.2, 0.25) is 0 Å². The van der Waals surface area contributed by atoms with Crippen molar-refractivity contribution in [1.82, 2.24) is 19.0 Å². The van der Waals surface area contributed by atoms with Crippen LogP contribution in [0.5, 0.6) is 0 Å². The molecule has 1 aliphatic rings. The van der Waals surface area contributed by atoms with E-state index < -0.39 is 17.4 Å². The molecule has 2 aromatic heterocycles. The van der Waals surface area contributed by atoms with Gasteiger partial charge in [-0.3, -0.25) is 19.0 Å². The normalized spacial score (nSPS) is 15.4. The van der Waals surface area contributed by atoms with Gasteiger partial charge in [-0.1, -0.05) is 15.9 Å². The number of anilines is 1. The highest BCUT2D eigenvalue weighted by Crippen LogP contribution is 2.39. The molecule has 0 spiro atoms. The van der Waals surface area contributed by atoms with Crippen LogP contribution >= 0.6 is 15.9 Å². The molecule has 4 aromatic rings. The summed E-state index contributed by atoms with van der Waals surface area (Å²) in [6.45, 7) is 2.49. The van der Waals surface area contributed by atoms with E-state index in [2.05, 4.69) is 20.9 Å². The molecule has 1 N–H and O–H groups in total. The van der Waals surface area contributed by atoms with Crippen molar-refractivity contribution in [2.75, 3.05) is 44.2 Å². The number of pyridine rings is 1. The van der Waals surface area contributed by atoms with Gasteiger partial charge >= 0.3 is 11.9 Å². The maximum atomic E-state index is 14.2. The summed E-state index contributed by atoms with van der Waals surface area (Å²) >= 11 is 3.44. The monoisotopic (exact) mass is 549 g/mol. The van der Waals surface area contributed by atoms with E-state index in [1.54, 1.807) is 30.3 Å². The number of benzene rings is 2. The molecule has 7 nitrogen and oxygen atoms in total. The average molecular weight is 550 g/mol. The molecule has 0 aliphatic carbocycles. The first-order valence-electron chi connectivity index (χ1n) is 11.1. The largest absolute Gasteiger partial charge is 0.418 e. The first-order valence-corrected chi connectivity index (χ1v) is 11.9. The Hall–Kier alpha value is -2.89. The Labute approximate surface area is 207 Å². The van der Waals surface area contributed by atoms with Crippen LogP contribution in [0.2, 0.25) is 0 Å². The Morgan fingerprint density at radius 1 is 1.09 bits per heavy atom. The van der Waals surface area contributed by atoms with Gasteiger partial charge < -0.3 is 10.0 Å². The molecule has 0 amide bonds. The van der Waals surface area contributed by atoms with Crippen LogP contribution < -0.4 is 10.6 Å². The van der Waals surface area contributed by atoms with Crippen molar-refractivity contribution in [2.45, 2.75) is 6.18 Å². The minimum absolute atomic E-state index is 0.0169. The molecule has 0 bridgehead atoms. The second-order valence-electron chi connectivity index (χ2n) is 8.58. The number of aliphatic hydroxyl groups excluding tert-OH is 1. The standard InChI is InChI=1S/C24H23BrF3N5O2/c1-30-21-14-29-19-4-2-15(25)12-17(19)22(21)33(23(30)35)16-3-5-20(18(13-16)24(26,27)28)32-8-6-31(7-9-32)10-11-34/h2-5,12-14,34H,6-11H2,1H3. The molecule has 0 radical (unpaired) electrons. The summed E-state index contributed by atoms with van der Waals surface area (Å²) in [4.78, 5) is 21.4. The zero-order valence-electron chi connectivity index (χ0n) is 18.9. The molecule has 35 heavy (non-hydrogen) atoms. The minimum atomic E-state index is -4.60. The lowest BCUT2D eigenvalue weighted by molar-refractivity contribution is -0.137. The van der Waals surface area contributed by atoms with Gasteiger partial charge in [0, 0.05) is 55.3 Å². The number of alkyl halides is 3. The molecular formula is C24H23BrF3N5O2. The molecule has 11 heteroatoms. The Bertz CT molecular complexity index is 1470. The smallest absolute Gasteiger partial charge is 0.395 e. The zero-order valence-corrected chi connectivity index (χ0v) is 20.5. The van der Waals surface area contributed by atoms with Crippen LogP contribution in [0.1, 0.15) is 5.56 Å². The average Bonchev–Trinajstić information content (AvgIpc) is 3.09. The van der Waals surface area contributed by atoms with Crippen LogP contribution in [-0.2, 0) is 13.2 Å². The summed E-state index contributed by atoms with van der Waals surface area (Å²) < 4.78 is 46.2. The molecule has 1 fully saturated rings. The van der Waals surface area contributed by atoms with Crippen LogP contribution in [0, 0.1) is 0 Å². The number of halogens is 4. The van der Waals surface area contributed by atoms with Gasteiger partial charge in [-0.2, -0.15) is 13.2 Å². The lowest BCUT2D eigenvalue weighted by atomic mass is 10.1. The molecular weight excluding hydrogens is 527 g/mol. The van der Waals surface area contributed by atoms with Crippen LogP contribution in [0.3, 0.4) is 0 Å². The predicted molar refractivity (Wildman–Crippen MR) is 132 cm³/mol. The zero-order chi connectivity index (χ0) is 24.9. The van der Waals surface area contributed by atoms with Crippen LogP contribution in [0.4, 0.5) is 18.9 Å². The highest BCUT2D eigenvalue weighted by atomic mass is 79.9. The summed E-state index contributed by atoms with van der Waals surface area (Å²) in [5.41, 5.74) is 0.659. The number of piperazine rings is 1. The van der Waals surface area contributed by atoms with Gasteiger partial charge in [-0.15, -0.1) is 0 Å². The van der Waals surface area contributed by atoms with Gasteiger partial charge in [-0.25, -0.2) is 4.79 Å². The molecule has 2 aromatic carbocycles. The van der Waals surface area contributed by atoms with Crippen LogP contribution in [-0.4, -0.2) is 63.5 Å². The highest BCUT2D eigenvalue weighted by Gasteiger charge is 2.36. The fourth-order valence-corrected chi connectivity index (χ4v) is 5.09. The number of aromatic nitrogens is 3. The van der Waals surface area contributed by atoms with Crippen molar-refractivity contribution in [2.24, 2.45) is 7.05 Å². The summed E-state index contributed by atoms with van der Waals surface area (Å²) in [5.74, 6) is 0. The summed E-state index contributed by atoms with van der Waals surface area (Å²) in [6, 6.07) is 9.50. The van der Waals surface area contributed by atoms with E-state index in [9.17, 15) is 18.0 Å². The van der Waals surface area contributed by atoms with E-state index in [0.29, 0.717) is 54.7 Å². The number of hydrogen-bond donors (Lipinski definition) is 1. The fourth-order valence-electron chi connectivity index (χ4n) is 4.73. The SMILES string of the molecule is Cn1c(=O)n(-c2ccc(N3CCN(CCO)CC3)c(C(F)(F)F)c2)c2c3cc(Br)ccc3ncc21. The number of hydrogen-bond acceptors (Lipinski definition) is 5. The van der Waals surface area contributed by atoms with E-state index in [4.69, 9.17) is 5.11 Å². The van der Waals surface area contributed by atoms with Crippen molar-refractivity contribution < 1.29 is 18.3 Å². The van der Waals surface area contributed by atoms with Gasteiger partial charge in [-0.05, 0) is 36.4 Å². The summed E-state index contributed by atoms with van der Waals surface area (Å²) in [6.07, 6.45) is -3.04. The van der Waals surface area contributed by atoms with Gasteiger partial charge in [0.1, 0.15) is 0 Å². The number of rotatable bonds is 4. The first-order chi connectivity index (χ1) is 16.7. The second kappa shape index (κ2) is 8.96. The number of aliphatic hydroxyl groups is 1. The number of β-amino-alcohol motifs (C(OH)–C–C–N with tert-alkyl or cyclic N) is 1. The number of fused-ring (bicyclic) bond motifs is 3. The maximum Gasteiger partial charge on any atom is 0.418 e. The number of nitrogens with zero attached hydrogens (tertiary/aromatic N) is 5. The Balaban J connectivity index is 1.67. The number of aryl methyl sites for hydroxylation is 1. The molecule has 1 saturated heterocycles. The van der Waals surface area contributed by atoms with E-state index in [-0.39, 0.29) is 18.0 Å². The van der Waals surface area contributed by atoms with E-state index >= 15 is 0 Å². The topological polar surface area (TPSA) is 66.5 Å². The molecule has 3 heterocycles. The minimum Gasteiger partial charge on any atom is -0.395 e. The Kier molecular flexibility index (Phi) is 6.10. The summed E-state index contributed by atoms with van der Waals surface area (Å²) in [5, 5.41) is 9.79. The van der Waals surface area contributed by atoms with Crippen molar-refractivity contribution in [3.8, 4) is 5.69 Å². The second-order valence-corrected chi connectivity index (χ2v) is 9.50. The highest BCUT2D eigenvalue weighted by molar-refractivity contribution is 9.10. The lowest BCUT2D eigenvalue weighted by Crippen LogP contribution is -2.47. The molecule has 5 rings (SSSR count). The molecule has 0 saturated carbocycles. The predicted octanol–water partition coefficient (Wildman–Crippen LogP) is 3.77. The molecule has 0 unspecified atom stereocenters. The number of imidazole rings is 1. The molecule has 184 valence electrons. The van der Waals surface area contributed by atoms with Crippen molar-refractivity contribution in [3.05, 3.63) is 63.1 Å².